The van der Waals surface area contributed by atoms with Gasteiger partial charge in [-0.05, 0) is 33.7 Å². The van der Waals surface area contributed by atoms with Crippen molar-refractivity contribution in [2.45, 2.75) is 46.7 Å². The van der Waals surface area contributed by atoms with Crippen molar-refractivity contribution in [3.8, 4) is 0 Å². The maximum atomic E-state index is 11.8. The summed E-state index contributed by atoms with van der Waals surface area (Å²) in [5.74, 6) is 0.583. The average molecular weight is 293 g/mol. The lowest BCUT2D eigenvalue weighted by Crippen LogP contribution is -2.40. The van der Waals surface area contributed by atoms with Crippen LogP contribution in [0.15, 0.2) is 12.4 Å². The number of anilines is 1. The number of hydrogen-bond donors (Lipinski definition) is 2. The number of rotatable bonds is 9. The van der Waals surface area contributed by atoms with Gasteiger partial charge in [0.05, 0.1) is 6.54 Å². The minimum absolute atomic E-state index is 0.0101. The monoisotopic (exact) mass is 293 g/mol. The molecule has 1 aromatic heterocycles. The van der Waals surface area contributed by atoms with Crippen molar-refractivity contribution in [1.82, 2.24) is 20.6 Å². The second-order valence-corrected chi connectivity index (χ2v) is 5.30. The van der Waals surface area contributed by atoms with Gasteiger partial charge in [0.2, 0.25) is 11.9 Å². The van der Waals surface area contributed by atoms with E-state index in [-0.39, 0.29) is 18.5 Å². The molecule has 2 N–H and O–H groups in total. The van der Waals surface area contributed by atoms with Gasteiger partial charge < -0.3 is 15.5 Å². The Morgan fingerprint density at radius 2 is 1.95 bits per heavy atom. The van der Waals surface area contributed by atoms with Crippen LogP contribution in [0.25, 0.3) is 0 Å². The lowest BCUT2D eigenvalue weighted by atomic mass is 10.3. The van der Waals surface area contributed by atoms with Gasteiger partial charge in [0.15, 0.2) is 0 Å². The molecule has 0 aliphatic heterocycles. The molecule has 1 rings (SSSR count). The molecule has 1 amide bonds. The summed E-state index contributed by atoms with van der Waals surface area (Å²) in [4.78, 5) is 22.4. The van der Waals surface area contributed by atoms with Gasteiger partial charge >= 0.3 is 0 Å². The third-order valence-electron chi connectivity index (χ3n) is 2.90. The van der Waals surface area contributed by atoms with Crippen LogP contribution < -0.4 is 15.5 Å². The van der Waals surface area contributed by atoms with E-state index >= 15 is 0 Å². The summed E-state index contributed by atoms with van der Waals surface area (Å²) in [6.07, 6.45) is 4.73. The van der Waals surface area contributed by atoms with E-state index in [9.17, 15) is 4.79 Å². The molecule has 6 nitrogen and oxygen atoms in total. The summed E-state index contributed by atoms with van der Waals surface area (Å²) < 4.78 is 0. The van der Waals surface area contributed by atoms with Crippen LogP contribution in [0.4, 0.5) is 5.95 Å². The van der Waals surface area contributed by atoms with Crippen molar-refractivity contribution in [2.75, 3.05) is 24.5 Å². The zero-order valence-electron chi connectivity index (χ0n) is 13.5. The van der Waals surface area contributed by atoms with Gasteiger partial charge in [-0.3, -0.25) is 4.79 Å². The first-order valence-electron chi connectivity index (χ1n) is 7.62. The fourth-order valence-corrected chi connectivity index (χ4v) is 1.88. The van der Waals surface area contributed by atoms with E-state index in [1.54, 1.807) is 0 Å². The van der Waals surface area contributed by atoms with Crippen LogP contribution in [-0.2, 0) is 11.3 Å². The van der Waals surface area contributed by atoms with Crippen LogP contribution >= 0.6 is 0 Å². The van der Waals surface area contributed by atoms with Gasteiger partial charge in [-0.25, -0.2) is 9.97 Å². The second kappa shape index (κ2) is 9.28. The molecule has 118 valence electrons. The van der Waals surface area contributed by atoms with Gasteiger partial charge in [-0.1, -0.05) is 6.92 Å². The van der Waals surface area contributed by atoms with Crippen LogP contribution in [0.5, 0.6) is 0 Å². The summed E-state index contributed by atoms with van der Waals surface area (Å²) in [5.41, 5.74) is 1.05. The van der Waals surface area contributed by atoms with Crippen LogP contribution in [-0.4, -0.2) is 41.6 Å². The Labute approximate surface area is 127 Å². The van der Waals surface area contributed by atoms with Gasteiger partial charge in [0.25, 0.3) is 0 Å². The Hall–Kier alpha value is -1.69. The normalized spacial score (nSPS) is 10.7. The minimum Gasteiger partial charge on any atom is -0.352 e. The van der Waals surface area contributed by atoms with Gasteiger partial charge in [0.1, 0.15) is 0 Å². The van der Waals surface area contributed by atoms with Gasteiger partial charge in [-0.2, -0.15) is 0 Å². The largest absolute Gasteiger partial charge is 0.352 e. The molecule has 21 heavy (non-hydrogen) atoms. The van der Waals surface area contributed by atoms with Gasteiger partial charge in [0, 0.05) is 37.1 Å². The maximum Gasteiger partial charge on any atom is 0.239 e. The number of nitrogens with one attached hydrogen (secondary N) is 2. The molecule has 1 aromatic rings. The molecule has 0 unspecified atom stereocenters. The molecule has 0 aromatic carbocycles. The Morgan fingerprint density at radius 1 is 1.29 bits per heavy atom. The van der Waals surface area contributed by atoms with Gasteiger partial charge in [-0.15, -0.1) is 0 Å². The number of carbonyl (C=O) groups is 1. The van der Waals surface area contributed by atoms with Crippen LogP contribution in [0.1, 0.15) is 39.7 Å². The Balaban J connectivity index is 2.58. The molecule has 0 spiro atoms. The third kappa shape index (κ3) is 6.53. The van der Waals surface area contributed by atoms with Crippen molar-refractivity contribution in [3.05, 3.63) is 18.0 Å². The zero-order valence-corrected chi connectivity index (χ0v) is 13.5. The first kappa shape index (κ1) is 17.4. The van der Waals surface area contributed by atoms with E-state index in [4.69, 9.17) is 0 Å². The number of likely N-dealkylation sites (N-methyl/N-ethyl adjacent to an activating group) is 1. The number of hydrogen-bond acceptors (Lipinski definition) is 5. The molecular formula is C15H27N5O. The van der Waals surface area contributed by atoms with Crippen molar-refractivity contribution < 1.29 is 4.79 Å². The zero-order chi connectivity index (χ0) is 15.7. The van der Waals surface area contributed by atoms with Crippen molar-refractivity contribution in [3.63, 3.8) is 0 Å². The molecule has 0 fully saturated rings. The van der Waals surface area contributed by atoms with Crippen LogP contribution in [0.2, 0.25) is 0 Å². The molecule has 0 aliphatic rings. The SMILES string of the molecule is CCCNCc1cnc(N(CC)CC(=O)NC(C)C)nc1. The topological polar surface area (TPSA) is 70.2 Å². The fraction of sp³-hybridized carbons (Fsp3) is 0.667. The van der Waals surface area contributed by atoms with E-state index in [1.165, 1.54) is 0 Å². The molecule has 0 saturated carbocycles. The summed E-state index contributed by atoms with van der Waals surface area (Å²) in [6, 6.07) is 0.143. The summed E-state index contributed by atoms with van der Waals surface area (Å²) in [5, 5.41) is 6.19. The molecule has 1 heterocycles. The van der Waals surface area contributed by atoms with Crippen molar-refractivity contribution >= 4 is 11.9 Å². The molecule has 0 aliphatic carbocycles. The summed E-state index contributed by atoms with van der Waals surface area (Å²) in [6.45, 7) is 10.7. The summed E-state index contributed by atoms with van der Waals surface area (Å²) >= 11 is 0. The van der Waals surface area contributed by atoms with Crippen molar-refractivity contribution in [2.24, 2.45) is 0 Å². The first-order chi connectivity index (χ1) is 10.1. The highest BCUT2D eigenvalue weighted by molar-refractivity contribution is 5.80. The minimum atomic E-state index is -0.0101. The number of carbonyl (C=O) groups excluding carboxylic acids is 1. The summed E-state index contributed by atoms with van der Waals surface area (Å²) in [7, 11) is 0. The van der Waals surface area contributed by atoms with Crippen molar-refractivity contribution in [1.29, 1.82) is 0 Å². The number of aromatic nitrogens is 2. The highest BCUT2D eigenvalue weighted by atomic mass is 16.2. The van der Waals surface area contributed by atoms with E-state index < -0.39 is 0 Å². The smallest absolute Gasteiger partial charge is 0.239 e. The Bertz CT molecular complexity index is 419. The van der Waals surface area contributed by atoms with E-state index in [1.807, 2.05) is 38.1 Å². The standard InChI is InChI=1S/C15H27N5O/c1-5-7-16-8-13-9-17-15(18-10-13)20(6-2)11-14(21)19-12(3)4/h9-10,12,16H,5-8,11H2,1-4H3,(H,19,21). The van der Waals surface area contributed by atoms with Crippen LogP contribution in [0, 0.1) is 0 Å². The van der Waals surface area contributed by atoms with E-state index in [0.717, 1.165) is 25.1 Å². The highest BCUT2D eigenvalue weighted by Gasteiger charge is 2.12. The number of amides is 1. The second-order valence-electron chi connectivity index (χ2n) is 5.30. The maximum absolute atomic E-state index is 11.8. The van der Waals surface area contributed by atoms with E-state index in [0.29, 0.717) is 12.5 Å². The lowest BCUT2D eigenvalue weighted by molar-refractivity contribution is -0.120. The molecule has 0 radical (unpaired) electrons. The first-order valence-corrected chi connectivity index (χ1v) is 7.62. The molecule has 0 atom stereocenters. The fourth-order valence-electron chi connectivity index (χ4n) is 1.88. The average Bonchev–Trinajstić information content (AvgIpc) is 2.45. The third-order valence-corrected chi connectivity index (χ3v) is 2.90. The predicted octanol–water partition coefficient (Wildman–Crippen LogP) is 1.33. The van der Waals surface area contributed by atoms with E-state index in [2.05, 4.69) is 27.5 Å². The molecule has 0 bridgehead atoms. The molecule has 0 saturated heterocycles. The highest BCUT2D eigenvalue weighted by Crippen LogP contribution is 2.06. The quantitative estimate of drug-likeness (QED) is 0.672. The Morgan fingerprint density at radius 3 is 2.48 bits per heavy atom. The Kier molecular flexibility index (Phi) is 7.68. The van der Waals surface area contributed by atoms with Crippen LogP contribution in [0.3, 0.4) is 0 Å². The molecular weight excluding hydrogens is 266 g/mol. The predicted molar refractivity (Wildman–Crippen MR) is 85.2 cm³/mol. The number of nitrogens with zero attached hydrogens (tertiary/aromatic N) is 3. The lowest BCUT2D eigenvalue weighted by Gasteiger charge is -2.21. The molecule has 6 heteroatoms.